The summed E-state index contributed by atoms with van der Waals surface area (Å²) in [4.78, 5) is 4.43. The number of hydrogen-bond donors (Lipinski definition) is 0. The summed E-state index contributed by atoms with van der Waals surface area (Å²) in [7, 11) is 0. The van der Waals surface area contributed by atoms with Crippen LogP contribution in [0.15, 0.2) is 17.1 Å². The number of rotatable bonds is 1. The monoisotopic (exact) mass is 139 g/mol. The number of nitrogens with zero attached hydrogens (tertiary/aromatic N) is 1. The van der Waals surface area contributed by atoms with Gasteiger partial charge in [0.1, 0.15) is 0 Å². The lowest BCUT2D eigenvalue weighted by atomic mass is 10.1. The largest absolute Gasteiger partial charge is 0.284 e. The van der Waals surface area contributed by atoms with Gasteiger partial charge in [-0.1, -0.05) is 6.58 Å². The SMILES string of the molecule is C=C(C)C(C)=NC(C)(C)C. The Bertz CT molecular complexity index is 158. The van der Waals surface area contributed by atoms with Crippen molar-refractivity contribution in [3.8, 4) is 0 Å². The highest BCUT2D eigenvalue weighted by Gasteiger charge is 2.06. The number of aliphatic imine (C=N–C) groups is 1. The number of hydrogen-bond acceptors (Lipinski definition) is 1. The van der Waals surface area contributed by atoms with Gasteiger partial charge in [-0.05, 0) is 40.2 Å². The Morgan fingerprint density at radius 3 is 1.70 bits per heavy atom. The maximum absolute atomic E-state index is 4.43. The topological polar surface area (TPSA) is 12.4 Å². The van der Waals surface area contributed by atoms with Crippen LogP contribution in [-0.2, 0) is 0 Å². The first kappa shape index (κ1) is 9.41. The van der Waals surface area contributed by atoms with Gasteiger partial charge in [0.25, 0.3) is 0 Å². The van der Waals surface area contributed by atoms with Crippen LogP contribution in [0.4, 0.5) is 0 Å². The third kappa shape index (κ3) is 4.30. The van der Waals surface area contributed by atoms with Crippen LogP contribution in [0.5, 0.6) is 0 Å². The van der Waals surface area contributed by atoms with E-state index in [1.54, 1.807) is 0 Å². The van der Waals surface area contributed by atoms with E-state index in [0.29, 0.717) is 0 Å². The molecular weight excluding hydrogens is 122 g/mol. The van der Waals surface area contributed by atoms with Gasteiger partial charge in [-0.3, -0.25) is 4.99 Å². The third-order valence-electron chi connectivity index (χ3n) is 1.12. The van der Waals surface area contributed by atoms with Crippen LogP contribution in [0.1, 0.15) is 34.6 Å². The smallest absolute Gasteiger partial charge is 0.0527 e. The second-order valence-electron chi connectivity index (χ2n) is 3.65. The Morgan fingerprint density at radius 2 is 1.60 bits per heavy atom. The summed E-state index contributed by atoms with van der Waals surface area (Å²) in [6, 6.07) is 0. The second-order valence-corrected chi connectivity index (χ2v) is 3.65. The van der Waals surface area contributed by atoms with Crippen LogP contribution in [0, 0.1) is 0 Å². The van der Waals surface area contributed by atoms with Crippen molar-refractivity contribution < 1.29 is 0 Å². The van der Waals surface area contributed by atoms with Crippen LogP contribution >= 0.6 is 0 Å². The summed E-state index contributed by atoms with van der Waals surface area (Å²) in [5.74, 6) is 0. The fourth-order valence-corrected chi connectivity index (χ4v) is 0.599. The molecule has 0 saturated carbocycles. The van der Waals surface area contributed by atoms with Crippen LogP contribution in [0.2, 0.25) is 0 Å². The molecule has 0 aromatic heterocycles. The minimum absolute atomic E-state index is 0.0308. The molecule has 0 rings (SSSR count). The molecule has 0 aromatic carbocycles. The molecule has 0 aliphatic heterocycles. The van der Waals surface area contributed by atoms with E-state index in [1.807, 2.05) is 13.8 Å². The summed E-state index contributed by atoms with van der Waals surface area (Å²) in [5, 5.41) is 0. The first-order valence-electron chi connectivity index (χ1n) is 3.55. The zero-order chi connectivity index (χ0) is 8.36. The van der Waals surface area contributed by atoms with Crippen molar-refractivity contribution in [2.24, 2.45) is 4.99 Å². The molecule has 0 heterocycles. The molecule has 1 nitrogen and oxygen atoms in total. The Kier molecular flexibility index (Phi) is 2.82. The fraction of sp³-hybridized carbons (Fsp3) is 0.667. The highest BCUT2D eigenvalue weighted by Crippen LogP contribution is 2.08. The van der Waals surface area contributed by atoms with Crippen molar-refractivity contribution in [2.75, 3.05) is 0 Å². The normalized spacial score (nSPS) is 13.5. The first-order valence-corrected chi connectivity index (χ1v) is 3.55. The Labute approximate surface area is 63.9 Å². The molecule has 1 heteroatoms. The van der Waals surface area contributed by atoms with Crippen molar-refractivity contribution in [1.29, 1.82) is 0 Å². The second kappa shape index (κ2) is 3.00. The molecule has 0 atom stereocenters. The van der Waals surface area contributed by atoms with Crippen LogP contribution in [0.3, 0.4) is 0 Å². The van der Waals surface area contributed by atoms with E-state index in [4.69, 9.17) is 0 Å². The average Bonchev–Trinajstić information content (AvgIpc) is 1.60. The summed E-state index contributed by atoms with van der Waals surface area (Å²) < 4.78 is 0. The van der Waals surface area contributed by atoms with Crippen molar-refractivity contribution in [1.82, 2.24) is 0 Å². The van der Waals surface area contributed by atoms with E-state index in [2.05, 4.69) is 32.3 Å². The molecule has 0 amide bonds. The zero-order valence-corrected chi connectivity index (χ0v) is 7.65. The van der Waals surface area contributed by atoms with E-state index in [0.717, 1.165) is 11.3 Å². The fourth-order valence-electron chi connectivity index (χ4n) is 0.599. The molecule has 0 bridgehead atoms. The first-order chi connectivity index (χ1) is 4.33. The molecule has 0 unspecified atom stereocenters. The zero-order valence-electron chi connectivity index (χ0n) is 7.65. The standard InChI is InChI=1S/C9H17N/c1-7(2)8(3)10-9(4,5)6/h1H2,2-6H3. The van der Waals surface area contributed by atoms with Gasteiger partial charge < -0.3 is 0 Å². The average molecular weight is 139 g/mol. The van der Waals surface area contributed by atoms with Gasteiger partial charge in [0.2, 0.25) is 0 Å². The van der Waals surface area contributed by atoms with Crippen LogP contribution < -0.4 is 0 Å². The lowest BCUT2D eigenvalue weighted by Gasteiger charge is -2.13. The quantitative estimate of drug-likeness (QED) is 0.495. The predicted molar refractivity (Wildman–Crippen MR) is 47.7 cm³/mol. The van der Waals surface area contributed by atoms with Crippen LogP contribution in [-0.4, -0.2) is 11.3 Å². The van der Waals surface area contributed by atoms with Gasteiger partial charge >= 0.3 is 0 Å². The molecule has 10 heavy (non-hydrogen) atoms. The minimum atomic E-state index is 0.0308. The molecule has 0 radical (unpaired) electrons. The van der Waals surface area contributed by atoms with Gasteiger partial charge in [-0.15, -0.1) is 0 Å². The molecule has 0 aliphatic rings. The molecule has 0 saturated heterocycles. The Balaban J connectivity index is 4.32. The Hall–Kier alpha value is -0.590. The Morgan fingerprint density at radius 1 is 1.20 bits per heavy atom. The molecule has 0 N–H and O–H groups in total. The summed E-state index contributed by atoms with van der Waals surface area (Å²) in [6.45, 7) is 14.0. The van der Waals surface area contributed by atoms with Crippen molar-refractivity contribution >= 4 is 5.71 Å². The van der Waals surface area contributed by atoms with Crippen LogP contribution in [0.25, 0.3) is 0 Å². The van der Waals surface area contributed by atoms with Gasteiger partial charge in [0, 0.05) is 5.71 Å². The van der Waals surface area contributed by atoms with Gasteiger partial charge in [0.15, 0.2) is 0 Å². The maximum Gasteiger partial charge on any atom is 0.0527 e. The predicted octanol–water partition coefficient (Wildman–Crippen LogP) is 2.82. The van der Waals surface area contributed by atoms with E-state index >= 15 is 0 Å². The van der Waals surface area contributed by atoms with Gasteiger partial charge in [0.05, 0.1) is 5.54 Å². The van der Waals surface area contributed by atoms with Gasteiger partial charge in [-0.25, -0.2) is 0 Å². The van der Waals surface area contributed by atoms with E-state index in [-0.39, 0.29) is 5.54 Å². The molecular formula is C9H17N. The summed E-state index contributed by atoms with van der Waals surface area (Å²) >= 11 is 0. The van der Waals surface area contributed by atoms with Crippen molar-refractivity contribution in [2.45, 2.75) is 40.2 Å². The van der Waals surface area contributed by atoms with Gasteiger partial charge in [-0.2, -0.15) is 0 Å². The molecule has 0 spiro atoms. The molecule has 0 aromatic rings. The van der Waals surface area contributed by atoms with E-state index in [1.165, 1.54) is 0 Å². The summed E-state index contributed by atoms with van der Waals surface area (Å²) in [6.07, 6.45) is 0. The molecule has 0 fully saturated rings. The third-order valence-corrected chi connectivity index (χ3v) is 1.12. The summed E-state index contributed by atoms with van der Waals surface area (Å²) in [5.41, 5.74) is 2.13. The van der Waals surface area contributed by atoms with E-state index < -0.39 is 0 Å². The molecule has 0 aliphatic carbocycles. The minimum Gasteiger partial charge on any atom is -0.284 e. The lowest BCUT2D eigenvalue weighted by Crippen LogP contribution is -2.12. The van der Waals surface area contributed by atoms with Crippen molar-refractivity contribution in [3.05, 3.63) is 12.2 Å². The highest BCUT2D eigenvalue weighted by molar-refractivity contribution is 5.97. The van der Waals surface area contributed by atoms with E-state index in [9.17, 15) is 0 Å². The number of allylic oxidation sites excluding steroid dienone is 1. The highest BCUT2D eigenvalue weighted by atomic mass is 14.8. The maximum atomic E-state index is 4.43. The lowest BCUT2D eigenvalue weighted by molar-refractivity contribution is 0.583. The van der Waals surface area contributed by atoms with Crippen molar-refractivity contribution in [3.63, 3.8) is 0 Å². The molecule has 58 valence electrons.